The highest BCUT2D eigenvalue weighted by molar-refractivity contribution is 5.83. The molecule has 2 N–H and O–H groups in total. The van der Waals surface area contributed by atoms with Crippen molar-refractivity contribution in [2.45, 2.75) is 12.6 Å². The monoisotopic (exact) mass is 262 g/mol. The summed E-state index contributed by atoms with van der Waals surface area (Å²) in [7, 11) is 0. The molecule has 2 heterocycles. The topological polar surface area (TPSA) is 64.5 Å². The van der Waals surface area contributed by atoms with Gasteiger partial charge >= 0.3 is 0 Å². The van der Waals surface area contributed by atoms with Crippen LogP contribution >= 0.6 is 0 Å². The Morgan fingerprint density at radius 1 is 1.25 bits per heavy atom. The molecule has 0 amide bonds. The fraction of sp³-hybridized carbons (Fsp3) is 0.125. The second-order valence-corrected chi connectivity index (χ2v) is 4.59. The van der Waals surface area contributed by atoms with E-state index in [4.69, 9.17) is 0 Å². The molecule has 0 aliphatic heterocycles. The number of para-hydroxylation sites is 1. The van der Waals surface area contributed by atoms with Gasteiger partial charge in [0.15, 0.2) is 0 Å². The lowest BCUT2D eigenvalue weighted by Crippen LogP contribution is -2.19. The van der Waals surface area contributed by atoms with Crippen LogP contribution in [0.4, 0.5) is 0 Å². The van der Waals surface area contributed by atoms with Crippen LogP contribution in [0.3, 0.4) is 0 Å². The molecule has 0 aliphatic carbocycles. The zero-order valence-corrected chi connectivity index (χ0v) is 10.9. The third kappa shape index (κ3) is 2.40. The number of nitriles is 1. The van der Waals surface area contributed by atoms with E-state index in [0.29, 0.717) is 6.54 Å². The summed E-state index contributed by atoms with van der Waals surface area (Å²) < 4.78 is 0. The van der Waals surface area contributed by atoms with Crippen LogP contribution in [-0.4, -0.2) is 9.97 Å². The molecule has 20 heavy (non-hydrogen) atoms. The Bertz CT molecular complexity index is 740. The Labute approximate surface area is 117 Å². The van der Waals surface area contributed by atoms with Crippen molar-refractivity contribution in [3.05, 3.63) is 66.1 Å². The fourth-order valence-electron chi connectivity index (χ4n) is 2.28. The van der Waals surface area contributed by atoms with Gasteiger partial charge in [0.05, 0.1) is 6.07 Å². The van der Waals surface area contributed by atoms with Crippen molar-refractivity contribution in [3.8, 4) is 6.07 Å². The van der Waals surface area contributed by atoms with Crippen molar-refractivity contribution >= 4 is 10.9 Å². The van der Waals surface area contributed by atoms with E-state index < -0.39 is 0 Å². The summed E-state index contributed by atoms with van der Waals surface area (Å²) in [6.45, 7) is 0.617. The standard InChI is InChI=1S/C16H14N4/c17-8-16(19-10-12-4-3-7-18-9-12)14-11-20-15-6-2-1-5-13(14)15/h1-7,9,11,16,19-20H,10H2. The third-order valence-electron chi connectivity index (χ3n) is 3.29. The van der Waals surface area contributed by atoms with Crippen molar-refractivity contribution in [2.75, 3.05) is 0 Å². The lowest BCUT2D eigenvalue weighted by Gasteiger charge is -2.10. The number of benzene rings is 1. The highest BCUT2D eigenvalue weighted by atomic mass is 14.9. The molecule has 4 heteroatoms. The van der Waals surface area contributed by atoms with Crippen molar-refractivity contribution in [1.29, 1.82) is 5.26 Å². The van der Waals surface area contributed by atoms with Crippen LogP contribution in [-0.2, 0) is 6.54 Å². The number of hydrogen-bond donors (Lipinski definition) is 2. The first-order valence-corrected chi connectivity index (χ1v) is 6.46. The molecule has 0 radical (unpaired) electrons. The van der Waals surface area contributed by atoms with Gasteiger partial charge in [0.1, 0.15) is 6.04 Å². The van der Waals surface area contributed by atoms with Crippen LogP contribution in [0.2, 0.25) is 0 Å². The zero-order chi connectivity index (χ0) is 13.8. The highest BCUT2D eigenvalue weighted by Crippen LogP contribution is 2.23. The average molecular weight is 262 g/mol. The minimum atomic E-state index is -0.341. The second-order valence-electron chi connectivity index (χ2n) is 4.59. The van der Waals surface area contributed by atoms with Gasteiger partial charge in [-0.3, -0.25) is 10.3 Å². The van der Waals surface area contributed by atoms with Gasteiger partial charge in [-0.2, -0.15) is 5.26 Å². The number of fused-ring (bicyclic) bond motifs is 1. The molecule has 2 aromatic heterocycles. The number of nitrogens with one attached hydrogen (secondary N) is 2. The smallest absolute Gasteiger partial charge is 0.123 e. The fourth-order valence-corrected chi connectivity index (χ4v) is 2.28. The first-order chi connectivity index (χ1) is 9.88. The first kappa shape index (κ1) is 12.4. The van der Waals surface area contributed by atoms with Gasteiger partial charge < -0.3 is 4.98 Å². The van der Waals surface area contributed by atoms with Gasteiger partial charge in [-0.1, -0.05) is 24.3 Å². The summed E-state index contributed by atoms with van der Waals surface area (Å²) in [6.07, 6.45) is 5.44. The van der Waals surface area contributed by atoms with Gasteiger partial charge in [0, 0.05) is 41.6 Å². The van der Waals surface area contributed by atoms with E-state index in [1.807, 2.05) is 42.6 Å². The van der Waals surface area contributed by atoms with E-state index in [0.717, 1.165) is 22.0 Å². The van der Waals surface area contributed by atoms with Crippen LogP contribution < -0.4 is 5.32 Å². The van der Waals surface area contributed by atoms with Gasteiger partial charge in [0.2, 0.25) is 0 Å². The van der Waals surface area contributed by atoms with E-state index in [2.05, 4.69) is 21.4 Å². The molecule has 1 unspecified atom stereocenters. The molecule has 3 rings (SSSR count). The van der Waals surface area contributed by atoms with E-state index in [1.165, 1.54) is 0 Å². The molecule has 0 saturated carbocycles. The van der Waals surface area contributed by atoms with E-state index in [-0.39, 0.29) is 6.04 Å². The van der Waals surface area contributed by atoms with Crippen LogP contribution in [0.5, 0.6) is 0 Å². The van der Waals surface area contributed by atoms with Gasteiger partial charge in [0.25, 0.3) is 0 Å². The Hall–Kier alpha value is -2.64. The minimum Gasteiger partial charge on any atom is -0.361 e. The molecule has 0 bridgehead atoms. The molecular weight excluding hydrogens is 248 g/mol. The molecule has 1 atom stereocenters. The molecule has 0 aliphatic rings. The minimum absolute atomic E-state index is 0.341. The SMILES string of the molecule is N#CC(NCc1cccnc1)c1c[nH]c2ccccc12. The Kier molecular flexibility index (Phi) is 3.44. The molecule has 4 nitrogen and oxygen atoms in total. The van der Waals surface area contributed by atoms with Crippen molar-refractivity contribution in [2.24, 2.45) is 0 Å². The summed E-state index contributed by atoms with van der Waals surface area (Å²) in [4.78, 5) is 7.27. The predicted octanol–water partition coefficient (Wildman–Crippen LogP) is 2.92. The Balaban J connectivity index is 1.82. The van der Waals surface area contributed by atoms with Gasteiger partial charge in [-0.15, -0.1) is 0 Å². The first-order valence-electron chi connectivity index (χ1n) is 6.46. The molecule has 3 aromatic rings. The summed E-state index contributed by atoms with van der Waals surface area (Å²) >= 11 is 0. The maximum absolute atomic E-state index is 9.39. The normalized spacial score (nSPS) is 12.2. The number of hydrogen-bond acceptors (Lipinski definition) is 3. The molecule has 0 spiro atoms. The maximum Gasteiger partial charge on any atom is 0.123 e. The summed E-state index contributed by atoms with van der Waals surface area (Å²) in [5.74, 6) is 0. The largest absolute Gasteiger partial charge is 0.361 e. The summed E-state index contributed by atoms with van der Waals surface area (Å²) in [5.41, 5.74) is 3.09. The predicted molar refractivity (Wildman–Crippen MR) is 77.7 cm³/mol. The van der Waals surface area contributed by atoms with Crippen molar-refractivity contribution in [1.82, 2.24) is 15.3 Å². The van der Waals surface area contributed by atoms with E-state index in [1.54, 1.807) is 12.4 Å². The van der Waals surface area contributed by atoms with Crippen molar-refractivity contribution in [3.63, 3.8) is 0 Å². The van der Waals surface area contributed by atoms with E-state index in [9.17, 15) is 5.26 Å². The second kappa shape index (κ2) is 5.55. The van der Waals surface area contributed by atoms with Crippen LogP contribution in [0.25, 0.3) is 10.9 Å². The number of pyridine rings is 1. The highest BCUT2D eigenvalue weighted by Gasteiger charge is 2.14. The number of rotatable bonds is 4. The molecule has 0 fully saturated rings. The Morgan fingerprint density at radius 3 is 2.95 bits per heavy atom. The number of aromatic nitrogens is 2. The van der Waals surface area contributed by atoms with Crippen LogP contribution in [0, 0.1) is 11.3 Å². The molecule has 0 saturated heterocycles. The molecule has 98 valence electrons. The third-order valence-corrected chi connectivity index (χ3v) is 3.29. The van der Waals surface area contributed by atoms with Gasteiger partial charge in [-0.05, 0) is 17.7 Å². The lowest BCUT2D eigenvalue weighted by atomic mass is 10.1. The number of H-pyrrole nitrogens is 1. The quantitative estimate of drug-likeness (QED) is 0.759. The number of aromatic amines is 1. The lowest BCUT2D eigenvalue weighted by molar-refractivity contribution is 0.632. The van der Waals surface area contributed by atoms with Crippen LogP contribution in [0.1, 0.15) is 17.2 Å². The average Bonchev–Trinajstić information content (AvgIpc) is 2.93. The van der Waals surface area contributed by atoms with Gasteiger partial charge in [-0.25, -0.2) is 0 Å². The molecule has 1 aromatic carbocycles. The maximum atomic E-state index is 9.39. The summed E-state index contributed by atoms with van der Waals surface area (Å²) in [6, 6.07) is 13.9. The van der Waals surface area contributed by atoms with E-state index >= 15 is 0 Å². The summed E-state index contributed by atoms with van der Waals surface area (Å²) in [5, 5.41) is 13.7. The Morgan fingerprint density at radius 2 is 2.15 bits per heavy atom. The number of nitrogens with zero attached hydrogens (tertiary/aromatic N) is 2. The molecular formula is C16H14N4. The zero-order valence-electron chi connectivity index (χ0n) is 10.9. The van der Waals surface area contributed by atoms with Crippen molar-refractivity contribution < 1.29 is 0 Å². The van der Waals surface area contributed by atoms with Crippen LogP contribution in [0.15, 0.2) is 55.0 Å².